The monoisotopic (exact) mass is 385 g/mol. The van der Waals surface area contributed by atoms with Crippen molar-refractivity contribution in [2.75, 3.05) is 44.3 Å². The van der Waals surface area contributed by atoms with Gasteiger partial charge in [0.15, 0.2) is 5.58 Å². The van der Waals surface area contributed by atoms with Crippen LogP contribution < -0.4 is 15.5 Å². The minimum Gasteiger partial charge on any atom is -0.378 e. The Morgan fingerprint density at radius 1 is 1.21 bits per heavy atom. The van der Waals surface area contributed by atoms with Crippen LogP contribution >= 0.6 is 0 Å². The molecule has 3 saturated heterocycles. The summed E-state index contributed by atoms with van der Waals surface area (Å²) >= 11 is 0. The zero-order chi connectivity index (χ0) is 19.3. The first kappa shape index (κ1) is 17.4. The summed E-state index contributed by atoms with van der Waals surface area (Å²) in [5.41, 5.74) is 2.25. The third-order valence-corrected chi connectivity index (χ3v) is 5.96. The summed E-state index contributed by atoms with van der Waals surface area (Å²) in [6.45, 7) is 6.82. The number of carbonyl (C=O) groups excluding carboxylic acids is 2. The molecule has 1 aromatic heterocycles. The standard InChI is InChI=1S/C19H23N5O4/c1-11-8-23(5-6-24(11)12-9-27-10-12)14-3-2-4-15-16(14)17(22-28-15)13-7-20-19(26)21-18(13)25/h2-4,11-13H,5-10H2,1H3,(H2,20,21,25,26). The van der Waals surface area contributed by atoms with Crippen LogP contribution in [0.5, 0.6) is 0 Å². The molecule has 0 aliphatic carbocycles. The topological polar surface area (TPSA) is 99.9 Å². The van der Waals surface area contributed by atoms with Gasteiger partial charge >= 0.3 is 6.03 Å². The summed E-state index contributed by atoms with van der Waals surface area (Å²) in [6, 6.07) is 6.31. The smallest absolute Gasteiger partial charge is 0.321 e. The molecule has 3 fully saturated rings. The molecule has 4 heterocycles. The maximum absolute atomic E-state index is 12.4. The number of fused-ring (bicyclic) bond motifs is 1. The van der Waals surface area contributed by atoms with Gasteiger partial charge in [-0.3, -0.25) is 15.0 Å². The summed E-state index contributed by atoms with van der Waals surface area (Å²) in [5, 5.41) is 10.0. The normalized spacial score (nSPS) is 26.8. The van der Waals surface area contributed by atoms with E-state index in [1.807, 2.05) is 12.1 Å². The lowest BCUT2D eigenvalue weighted by Crippen LogP contribution is -2.60. The van der Waals surface area contributed by atoms with Crippen LogP contribution in [0.4, 0.5) is 10.5 Å². The molecular formula is C19H23N5O4. The van der Waals surface area contributed by atoms with Gasteiger partial charge in [0.25, 0.3) is 0 Å². The summed E-state index contributed by atoms with van der Waals surface area (Å²) < 4.78 is 10.9. The number of aromatic nitrogens is 1. The summed E-state index contributed by atoms with van der Waals surface area (Å²) in [4.78, 5) is 28.6. The fraction of sp³-hybridized carbons (Fsp3) is 0.526. The van der Waals surface area contributed by atoms with Crippen LogP contribution in [-0.4, -0.2) is 73.5 Å². The Morgan fingerprint density at radius 3 is 2.79 bits per heavy atom. The molecule has 3 amide bonds. The van der Waals surface area contributed by atoms with E-state index in [4.69, 9.17) is 9.26 Å². The van der Waals surface area contributed by atoms with Gasteiger partial charge in [-0.1, -0.05) is 11.2 Å². The molecule has 3 aliphatic heterocycles. The van der Waals surface area contributed by atoms with E-state index in [1.54, 1.807) is 0 Å². The highest BCUT2D eigenvalue weighted by molar-refractivity contribution is 6.03. The molecule has 2 unspecified atom stereocenters. The van der Waals surface area contributed by atoms with Gasteiger partial charge in [0.1, 0.15) is 11.6 Å². The van der Waals surface area contributed by atoms with E-state index in [2.05, 4.69) is 38.6 Å². The van der Waals surface area contributed by atoms with Gasteiger partial charge in [0.2, 0.25) is 5.91 Å². The minimum atomic E-state index is -0.564. The van der Waals surface area contributed by atoms with Crippen molar-refractivity contribution in [1.29, 1.82) is 0 Å². The van der Waals surface area contributed by atoms with E-state index in [-0.39, 0.29) is 12.5 Å². The fourth-order valence-corrected chi connectivity index (χ4v) is 4.40. The number of nitrogens with one attached hydrogen (secondary N) is 2. The molecule has 3 aliphatic rings. The van der Waals surface area contributed by atoms with E-state index < -0.39 is 11.9 Å². The number of imide groups is 1. The van der Waals surface area contributed by atoms with E-state index in [9.17, 15) is 9.59 Å². The average molecular weight is 385 g/mol. The van der Waals surface area contributed by atoms with Crippen molar-refractivity contribution in [3.63, 3.8) is 0 Å². The third-order valence-electron chi connectivity index (χ3n) is 5.96. The van der Waals surface area contributed by atoms with Crippen LogP contribution in [0.3, 0.4) is 0 Å². The van der Waals surface area contributed by atoms with Crippen LogP contribution in [0.1, 0.15) is 18.5 Å². The predicted octanol–water partition coefficient (Wildman–Crippen LogP) is 0.660. The Hall–Kier alpha value is -2.65. The molecule has 2 atom stereocenters. The number of hydrogen-bond donors (Lipinski definition) is 2. The maximum atomic E-state index is 12.4. The van der Waals surface area contributed by atoms with Crippen LogP contribution in [0.2, 0.25) is 0 Å². The molecule has 9 nitrogen and oxygen atoms in total. The number of anilines is 1. The van der Waals surface area contributed by atoms with Crippen LogP contribution in [-0.2, 0) is 9.53 Å². The number of piperazine rings is 1. The zero-order valence-electron chi connectivity index (χ0n) is 15.7. The van der Waals surface area contributed by atoms with Crippen molar-refractivity contribution in [3.8, 4) is 0 Å². The molecule has 148 valence electrons. The molecule has 0 saturated carbocycles. The Morgan fingerprint density at radius 2 is 2.07 bits per heavy atom. The van der Waals surface area contributed by atoms with E-state index in [1.165, 1.54) is 0 Å². The second-order valence-electron chi connectivity index (χ2n) is 7.69. The van der Waals surface area contributed by atoms with Crippen LogP contribution in [0.25, 0.3) is 11.0 Å². The largest absolute Gasteiger partial charge is 0.378 e. The Kier molecular flexibility index (Phi) is 4.21. The van der Waals surface area contributed by atoms with Gasteiger partial charge in [-0.2, -0.15) is 0 Å². The quantitative estimate of drug-likeness (QED) is 0.801. The number of hydrogen-bond acceptors (Lipinski definition) is 7. The highest BCUT2D eigenvalue weighted by Gasteiger charge is 2.36. The summed E-state index contributed by atoms with van der Waals surface area (Å²) in [6.07, 6.45) is 0. The van der Waals surface area contributed by atoms with Crippen molar-refractivity contribution in [2.24, 2.45) is 0 Å². The molecular weight excluding hydrogens is 362 g/mol. The lowest BCUT2D eigenvalue weighted by atomic mass is 9.98. The fourth-order valence-electron chi connectivity index (χ4n) is 4.40. The second-order valence-corrected chi connectivity index (χ2v) is 7.69. The summed E-state index contributed by atoms with van der Waals surface area (Å²) in [7, 11) is 0. The first-order chi connectivity index (χ1) is 13.6. The van der Waals surface area contributed by atoms with Crippen molar-refractivity contribution in [2.45, 2.75) is 24.9 Å². The Labute approximate surface area is 161 Å². The molecule has 2 aromatic rings. The van der Waals surface area contributed by atoms with Crippen molar-refractivity contribution in [1.82, 2.24) is 20.7 Å². The first-order valence-corrected chi connectivity index (χ1v) is 9.67. The second kappa shape index (κ2) is 6.75. The van der Waals surface area contributed by atoms with Gasteiger partial charge in [0, 0.05) is 37.9 Å². The van der Waals surface area contributed by atoms with E-state index in [0.717, 1.165) is 43.9 Å². The molecule has 28 heavy (non-hydrogen) atoms. The number of amides is 3. The number of nitrogens with zero attached hydrogens (tertiary/aromatic N) is 3. The van der Waals surface area contributed by atoms with Crippen molar-refractivity contribution < 1.29 is 18.8 Å². The van der Waals surface area contributed by atoms with Crippen LogP contribution in [0.15, 0.2) is 22.7 Å². The van der Waals surface area contributed by atoms with Crippen LogP contribution in [0, 0.1) is 0 Å². The predicted molar refractivity (Wildman–Crippen MR) is 101 cm³/mol. The molecule has 5 rings (SSSR count). The SMILES string of the molecule is CC1CN(c2cccc3onc(C4CNC(=O)NC4=O)c23)CCN1C1COC1. The zero-order valence-corrected chi connectivity index (χ0v) is 15.7. The first-order valence-electron chi connectivity index (χ1n) is 9.67. The van der Waals surface area contributed by atoms with E-state index >= 15 is 0 Å². The highest BCUT2D eigenvalue weighted by atomic mass is 16.5. The Bertz CT molecular complexity index is 924. The number of carbonyl (C=O) groups is 2. The lowest BCUT2D eigenvalue weighted by molar-refractivity contribution is -0.122. The molecule has 0 spiro atoms. The summed E-state index contributed by atoms with van der Waals surface area (Å²) in [5.74, 6) is -0.914. The van der Waals surface area contributed by atoms with Gasteiger partial charge < -0.3 is 19.5 Å². The third kappa shape index (κ3) is 2.82. The molecule has 0 radical (unpaired) electrons. The lowest BCUT2D eigenvalue weighted by Gasteiger charge is -2.47. The van der Waals surface area contributed by atoms with Crippen molar-refractivity contribution >= 4 is 28.6 Å². The number of urea groups is 1. The molecule has 1 aromatic carbocycles. The van der Waals surface area contributed by atoms with Gasteiger partial charge in [-0.15, -0.1) is 0 Å². The van der Waals surface area contributed by atoms with Gasteiger partial charge in [0.05, 0.1) is 24.6 Å². The molecule has 0 bridgehead atoms. The Balaban J connectivity index is 1.46. The molecule has 2 N–H and O–H groups in total. The number of benzene rings is 1. The minimum absolute atomic E-state index is 0.215. The average Bonchev–Trinajstić information content (AvgIpc) is 3.06. The van der Waals surface area contributed by atoms with Crippen molar-refractivity contribution in [3.05, 3.63) is 23.9 Å². The van der Waals surface area contributed by atoms with E-state index in [0.29, 0.717) is 23.4 Å². The van der Waals surface area contributed by atoms with Gasteiger partial charge in [-0.25, -0.2) is 4.79 Å². The highest BCUT2D eigenvalue weighted by Crippen LogP contribution is 2.35. The maximum Gasteiger partial charge on any atom is 0.321 e. The van der Waals surface area contributed by atoms with Gasteiger partial charge in [-0.05, 0) is 19.1 Å². The molecule has 9 heteroatoms. The number of ether oxygens (including phenoxy) is 1. The number of rotatable bonds is 3.